The second-order valence-electron chi connectivity index (χ2n) is 4.77. The van der Waals surface area contributed by atoms with E-state index in [2.05, 4.69) is 13.8 Å². The summed E-state index contributed by atoms with van der Waals surface area (Å²) in [6, 6.07) is 5.05. The molecule has 0 saturated carbocycles. The van der Waals surface area contributed by atoms with E-state index in [4.69, 9.17) is 15.2 Å². The molecule has 0 aliphatic carbocycles. The van der Waals surface area contributed by atoms with E-state index in [-0.39, 0.29) is 6.10 Å². The van der Waals surface area contributed by atoms with Crippen LogP contribution in [0.2, 0.25) is 0 Å². The van der Waals surface area contributed by atoms with Crippen molar-refractivity contribution >= 4 is 11.7 Å². The van der Waals surface area contributed by atoms with E-state index in [1.165, 1.54) is 7.11 Å². The van der Waals surface area contributed by atoms with Gasteiger partial charge >= 0.3 is 5.97 Å². The third kappa shape index (κ3) is 3.65. The number of methoxy groups -OCH3 is 1. The number of hydrogen-bond donors (Lipinski definition) is 1. The molecule has 1 aromatic carbocycles. The Kier molecular flexibility index (Phi) is 5.01. The van der Waals surface area contributed by atoms with Gasteiger partial charge in [0.05, 0.1) is 18.9 Å². The number of nitrogen functional groups attached to an aromatic ring is 1. The van der Waals surface area contributed by atoms with Gasteiger partial charge in [0.1, 0.15) is 5.56 Å². The number of benzene rings is 1. The van der Waals surface area contributed by atoms with E-state index in [0.29, 0.717) is 22.9 Å². The van der Waals surface area contributed by atoms with Gasteiger partial charge < -0.3 is 15.2 Å². The average Bonchev–Trinajstić information content (AvgIpc) is 2.27. The molecule has 4 heteroatoms. The Morgan fingerprint density at radius 3 is 2.56 bits per heavy atom. The minimum absolute atomic E-state index is 0.122. The zero-order valence-electron chi connectivity index (χ0n) is 11.4. The van der Waals surface area contributed by atoms with E-state index in [1.807, 2.05) is 6.92 Å². The highest BCUT2D eigenvalue weighted by Gasteiger charge is 2.18. The Balaban J connectivity index is 2.81. The second-order valence-corrected chi connectivity index (χ2v) is 4.77. The number of esters is 1. The molecule has 0 radical (unpaired) electrons. The quantitative estimate of drug-likeness (QED) is 0.645. The lowest BCUT2D eigenvalue weighted by Gasteiger charge is -2.16. The van der Waals surface area contributed by atoms with E-state index >= 15 is 0 Å². The van der Waals surface area contributed by atoms with Crippen molar-refractivity contribution in [3.8, 4) is 5.75 Å². The summed E-state index contributed by atoms with van der Waals surface area (Å²) in [6.45, 7) is 6.06. The fourth-order valence-corrected chi connectivity index (χ4v) is 1.90. The maximum absolute atomic E-state index is 12.0. The topological polar surface area (TPSA) is 61.5 Å². The van der Waals surface area contributed by atoms with Gasteiger partial charge in [-0.05, 0) is 31.4 Å². The summed E-state index contributed by atoms with van der Waals surface area (Å²) in [6.07, 6.45) is 0.708. The van der Waals surface area contributed by atoms with Gasteiger partial charge in [-0.15, -0.1) is 0 Å². The van der Waals surface area contributed by atoms with Gasteiger partial charge in [0.15, 0.2) is 5.75 Å². The molecule has 0 saturated heterocycles. The van der Waals surface area contributed by atoms with Crippen molar-refractivity contribution in [3.63, 3.8) is 0 Å². The molecule has 0 aliphatic heterocycles. The summed E-state index contributed by atoms with van der Waals surface area (Å²) in [5.74, 6) is 0.460. The van der Waals surface area contributed by atoms with Crippen LogP contribution in [0.3, 0.4) is 0 Å². The number of para-hydroxylation sites is 1. The molecule has 0 spiro atoms. The summed E-state index contributed by atoms with van der Waals surface area (Å²) in [5.41, 5.74) is 6.55. The highest BCUT2D eigenvalue weighted by atomic mass is 16.5. The molecular weight excluding hydrogens is 230 g/mol. The molecule has 0 amide bonds. The molecule has 0 fully saturated rings. The van der Waals surface area contributed by atoms with Crippen LogP contribution in [0, 0.1) is 5.92 Å². The van der Waals surface area contributed by atoms with Crippen molar-refractivity contribution < 1.29 is 14.3 Å². The zero-order valence-corrected chi connectivity index (χ0v) is 11.4. The molecule has 4 nitrogen and oxygen atoms in total. The number of nitrogens with two attached hydrogens (primary N) is 1. The Morgan fingerprint density at radius 2 is 2.00 bits per heavy atom. The normalized spacial score (nSPS) is 12.3. The predicted molar refractivity (Wildman–Crippen MR) is 71.7 cm³/mol. The van der Waals surface area contributed by atoms with E-state index in [0.717, 1.165) is 6.42 Å². The van der Waals surface area contributed by atoms with Gasteiger partial charge in [0.25, 0.3) is 0 Å². The lowest BCUT2D eigenvalue weighted by molar-refractivity contribution is 0.0296. The number of hydrogen-bond acceptors (Lipinski definition) is 4. The third-order valence-corrected chi connectivity index (χ3v) is 2.58. The molecule has 1 aromatic rings. The molecule has 0 heterocycles. The molecule has 1 rings (SSSR count). The molecule has 0 bridgehead atoms. The van der Waals surface area contributed by atoms with Gasteiger partial charge in [-0.3, -0.25) is 0 Å². The van der Waals surface area contributed by atoms with Crippen LogP contribution in [-0.2, 0) is 4.74 Å². The first-order valence-electron chi connectivity index (χ1n) is 6.09. The summed E-state index contributed by atoms with van der Waals surface area (Å²) in [5, 5.41) is 0. The average molecular weight is 251 g/mol. The van der Waals surface area contributed by atoms with Crippen molar-refractivity contribution in [1.29, 1.82) is 0 Å². The van der Waals surface area contributed by atoms with Crippen LogP contribution in [0.5, 0.6) is 5.75 Å². The van der Waals surface area contributed by atoms with Gasteiger partial charge in [-0.1, -0.05) is 19.9 Å². The molecule has 100 valence electrons. The van der Waals surface area contributed by atoms with Crippen LogP contribution in [-0.4, -0.2) is 19.2 Å². The summed E-state index contributed by atoms with van der Waals surface area (Å²) >= 11 is 0. The number of ether oxygens (including phenoxy) is 2. The zero-order chi connectivity index (χ0) is 13.7. The molecule has 0 aliphatic rings. The van der Waals surface area contributed by atoms with Crippen molar-refractivity contribution in [3.05, 3.63) is 23.8 Å². The summed E-state index contributed by atoms with van der Waals surface area (Å²) in [4.78, 5) is 12.0. The van der Waals surface area contributed by atoms with E-state index < -0.39 is 5.97 Å². The third-order valence-electron chi connectivity index (χ3n) is 2.58. The van der Waals surface area contributed by atoms with E-state index in [1.54, 1.807) is 18.2 Å². The van der Waals surface area contributed by atoms with Crippen LogP contribution in [0.15, 0.2) is 18.2 Å². The SMILES string of the molecule is COc1c(N)cccc1C(=O)OC(C)CC(C)C. The number of carbonyl (C=O) groups excluding carboxylic acids is 1. The van der Waals surface area contributed by atoms with E-state index in [9.17, 15) is 4.79 Å². The number of rotatable bonds is 5. The highest BCUT2D eigenvalue weighted by molar-refractivity contribution is 5.94. The van der Waals surface area contributed by atoms with Gasteiger partial charge in [0.2, 0.25) is 0 Å². The summed E-state index contributed by atoms with van der Waals surface area (Å²) < 4.78 is 10.5. The molecule has 18 heavy (non-hydrogen) atoms. The first-order chi connectivity index (χ1) is 8.45. The van der Waals surface area contributed by atoms with Crippen LogP contribution in [0.1, 0.15) is 37.6 Å². The predicted octanol–water partition coefficient (Wildman–Crippen LogP) is 2.87. The van der Waals surface area contributed by atoms with Crippen LogP contribution < -0.4 is 10.5 Å². The number of anilines is 1. The van der Waals surface area contributed by atoms with Crippen molar-refractivity contribution in [2.45, 2.75) is 33.3 Å². The second kappa shape index (κ2) is 6.28. The Labute approximate surface area is 108 Å². The monoisotopic (exact) mass is 251 g/mol. The fraction of sp³-hybridized carbons (Fsp3) is 0.500. The Morgan fingerprint density at radius 1 is 1.33 bits per heavy atom. The smallest absolute Gasteiger partial charge is 0.342 e. The van der Waals surface area contributed by atoms with Crippen LogP contribution in [0.25, 0.3) is 0 Å². The first kappa shape index (κ1) is 14.4. The maximum Gasteiger partial charge on any atom is 0.342 e. The minimum Gasteiger partial charge on any atom is -0.494 e. The number of carbonyl (C=O) groups is 1. The first-order valence-corrected chi connectivity index (χ1v) is 6.09. The van der Waals surface area contributed by atoms with Crippen LogP contribution in [0.4, 0.5) is 5.69 Å². The molecule has 1 atom stereocenters. The minimum atomic E-state index is -0.396. The maximum atomic E-state index is 12.0. The van der Waals surface area contributed by atoms with Crippen molar-refractivity contribution in [2.24, 2.45) is 5.92 Å². The van der Waals surface area contributed by atoms with Crippen molar-refractivity contribution in [2.75, 3.05) is 12.8 Å². The van der Waals surface area contributed by atoms with Crippen molar-refractivity contribution in [1.82, 2.24) is 0 Å². The lowest BCUT2D eigenvalue weighted by atomic mass is 10.1. The van der Waals surface area contributed by atoms with Gasteiger partial charge in [-0.2, -0.15) is 0 Å². The standard InChI is InChI=1S/C14H21NO3/c1-9(2)8-10(3)18-14(16)11-6-5-7-12(15)13(11)17-4/h5-7,9-10H,8,15H2,1-4H3. The van der Waals surface area contributed by atoms with Gasteiger partial charge in [0, 0.05) is 0 Å². The fourth-order valence-electron chi connectivity index (χ4n) is 1.90. The molecular formula is C14H21NO3. The Hall–Kier alpha value is -1.71. The lowest BCUT2D eigenvalue weighted by Crippen LogP contribution is -2.17. The molecule has 0 aromatic heterocycles. The van der Waals surface area contributed by atoms with Crippen LogP contribution >= 0.6 is 0 Å². The van der Waals surface area contributed by atoms with Gasteiger partial charge in [-0.25, -0.2) is 4.79 Å². The highest BCUT2D eigenvalue weighted by Crippen LogP contribution is 2.27. The summed E-state index contributed by atoms with van der Waals surface area (Å²) in [7, 11) is 1.49. The molecule has 1 unspecified atom stereocenters. The molecule has 2 N–H and O–H groups in total. The largest absolute Gasteiger partial charge is 0.494 e. The Bertz CT molecular complexity index is 416.